The van der Waals surface area contributed by atoms with Crippen LogP contribution in [0.3, 0.4) is 0 Å². The van der Waals surface area contributed by atoms with Crippen LogP contribution in [0.25, 0.3) is 0 Å². The van der Waals surface area contributed by atoms with Crippen molar-refractivity contribution in [3.8, 4) is 0 Å². The van der Waals surface area contributed by atoms with Crippen molar-refractivity contribution < 1.29 is 5.11 Å². The van der Waals surface area contributed by atoms with Gasteiger partial charge in [0.25, 0.3) is 0 Å². The van der Waals surface area contributed by atoms with Crippen LogP contribution in [0.2, 0.25) is 0 Å². The van der Waals surface area contributed by atoms with Crippen molar-refractivity contribution in [2.24, 2.45) is 5.73 Å². The van der Waals surface area contributed by atoms with Gasteiger partial charge >= 0.3 is 0 Å². The molecule has 1 aromatic rings. The summed E-state index contributed by atoms with van der Waals surface area (Å²) in [7, 11) is 0. The molecule has 0 saturated heterocycles. The van der Waals surface area contributed by atoms with Crippen molar-refractivity contribution in [1.82, 2.24) is 10.2 Å². The van der Waals surface area contributed by atoms with Gasteiger partial charge in [0.1, 0.15) is 0 Å². The van der Waals surface area contributed by atoms with Crippen LogP contribution in [-0.4, -0.2) is 28.0 Å². The predicted octanol–water partition coefficient (Wildman–Crippen LogP) is -0.728. The Balaban J connectivity index is 2.40. The van der Waals surface area contributed by atoms with Crippen LogP contribution in [0, 0.1) is 0 Å². The maximum atomic E-state index is 9.06. The first-order valence-electron chi connectivity index (χ1n) is 3.18. The summed E-state index contributed by atoms with van der Waals surface area (Å²) in [6, 6.07) is 0. The Morgan fingerprint density at radius 2 is 2.60 bits per heavy atom. The third kappa shape index (κ3) is 1.82. The van der Waals surface area contributed by atoms with Crippen molar-refractivity contribution in [2.75, 3.05) is 6.54 Å². The SMILES string of the molecule is NCC(O)Cc1cn[nH]c1. The highest BCUT2D eigenvalue weighted by molar-refractivity contribution is 5.03. The van der Waals surface area contributed by atoms with Crippen molar-refractivity contribution in [2.45, 2.75) is 12.5 Å². The number of H-pyrrole nitrogens is 1. The van der Waals surface area contributed by atoms with E-state index in [1.54, 1.807) is 12.4 Å². The quantitative estimate of drug-likeness (QED) is 0.519. The standard InChI is InChI=1S/C6H11N3O/c7-2-6(10)1-5-3-8-9-4-5/h3-4,6,10H,1-2,7H2,(H,8,9). The molecule has 4 heteroatoms. The number of nitrogens with two attached hydrogens (primary N) is 1. The highest BCUT2D eigenvalue weighted by Gasteiger charge is 2.02. The first-order chi connectivity index (χ1) is 4.83. The smallest absolute Gasteiger partial charge is 0.0703 e. The fourth-order valence-electron chi connectivity index (χ4n) is 0.745. The summed E-state index contributed by atoms with van der Waals surface area (Å²) in [4.78, 5) is 0. The molecule has 0 bridgehead atoms. The molecule has 0 aromatic carbocycles. The van der Waals surface area contributed by atoms with Gasteiger partial charge in [0.2, 0.25) is 0 Å². The van der Waals surface area contributed by atoms with Crippen molar-refractivity contribution in [3.63, 3.8) is 0 Å². The van der Waals surface area contributed by atoms with E-state index in [2.05, 4.69) is 10.2 Å². The molecular weight excluding hydrogens is 130 g/mol. The fraction of sp³-hybridized carbons (Fsp3) is 0.500. The molecule has 0 saturated carbocycles. The lowest BCUT2D eigenvalue weighted by Gasteiger charge is -2.03. The monoisotopic (exact) mass is 141 g/mol. The average molecular weight is 141 g/mol. The summed E-state index contributed by atoms with van der Waals surface area (Å²) < 4.78 is 0. The minimum atomic E-state index is -0.447. The van der Waals surface area contributed by atoms with Gasteiger partial charge in [-0.3, -0.25) is 5.10 Å². The fourth-order valence-corrected chi connectivity index (χ4v) is 0.745. The van der Waals surface area contributed by atoms with Crippen LogP contribution in [0.4, 0.5) is 0 Å². The molecule has 10 heavy (non-hydrogen) atoms. The topological polar surface area (TPSA) is 74.9 Å². The lowest BCUT2D eigenvalue weighted by molar-refractivity contribution is 0.183. The van der Waals surface area contributed by atoms with E-state index >= 15 is 0 Å². The third-order valence-electron chi connectivity index (χ3n) is 1.30. The Morgan fingerprint density at radius 1 is 1.80 bits per heavy atom. The molecule has 0 radical (unpaired) electrons. The summed E-state index contributed by atoms with van der Waals surface area (Å²) in [5.74, 6) is 0. The second-order valence-corrected chi connectivity index (χ2v) is 2.20. The second-order valence-electron chi connectivity index (χ2n) is 2.20. The molecule has 0 aliphatic carbocycles. The Labute approximate surface area is 59.1 Å². The van der Waals surface area contributed by atoms with E-state index in [1.165, 1.54) is 0 Å². The first kappa shape index (κ1) is 7.24. The summed E-state index contributed by atoms with van der Waals surface area (Å²) in [5.41, 5.74) is 6.19. The van der Waals surface area contributed by atoms with Crippen molar-refractivity contribution in [1.29, 1.82) is 0 Å². The molecular formula is C6H11N3O. The third-order valence-corrected chi connectivity index (χ3v) is 1.30. The maximum Gasteiger partial charge on any atom is 0.0703 e. The van der Waals surface area contributed by atoms with E-state index in [0.717, 1.165) is 5.56 Å². The van der Waals surface area contributed by atoms with Crippen LogP contribution >= 0.6 is 0 Å². The normalized spacial score (nSPS) is 13.4. The van der Waals surface area contributed by atoms with E-state index < -0.39 is 6.10 Å². The summed E-state index contributed by atoms with van der Waals surface area (Å²) >= 11 is 0. The molecule has 0 fully saturated rings. The van der Waals surface area contributed by atoms with Gasteiger partial charge in [-0.05, 0) is 5.56 Å². The molecule has 0 spiro atoms. The van der Waals surface area contributed by atoms with Gasteiger partial charge in [-0.15, -0.1) is 0 Å². The predicted molar refractivity (Wildman–Crippen MR) is 37.4 cm³/mol. The van der Waals surface area contributed by atoms with Gasteiger partial charge < -0.3 is 10.8 Å². The number of aliphatic hydroxyl groups is 1. The molecule has 1 atom stereocenters. The van der Waals surface area contributed by atoms with Crippen molar-refractivity contribution in [3.05, 3.63) is 18.0 Å². The Bertz CT molecular complexity index is 173. The number of aromatic nitrogens is 2. The van der Waals surface area contributed by atoms with Gasteiger partial charge in [-0.1, -0.05) is 0 Å². The Hall–Kier alpha value is -0.870. The highest BCUT2D eigenvalue weighted by atomic mass is 16.3. The van der Waals surface area contributed by atoms with Gasteiger partial charge in [-0.2, -0.15) is 5.10 Å². The van der Waals surface area contributed by atoms with Crippen LogP contribution in [0.5, 0.6) is 0 Å². The number of aliphatic hydroxyl groups excluding tert-OH is 1. The number of hydrogen-bond donors (Lipinski definition) is 3. The van der Waals surface area contributed by atoms with E-state index in [1.807, 2.05) is 0 Å². The zero-order valence-electron chi connectivity index (χ0n) is 5.62. The average Bonchev–Trinajstić information content (AvgIpc) is 2.40. The number of aromatic amines is 1. The van der Waals surface area contributed by atoms with E-state index in [4.69, 9.17) is 10.8 Å². The Morgan fingerprint density at radius 3 is 3.10 bits per heavy atom. The van der Waals surface area contributed by atoms with Crippen LogP contribution < -0.4 is 5.73 Å². The van der Waals surface area contributed by atoms with Gasteiger partial charge in [-0.25, -0.2) is 0 Å². The minimum Gasteiger partial charge on any atom is -0.391 e. The second kappa shape index (κ2) is 3.34. The van der Waals surface area contributed by atoms with E-state index in [9.17, 15) is 0 Å². The summed E-state index contributed by atoms with van der Waals surface area (Å²) in [6.45, 7) is 0.297. The molecule has 1 heterocycles. The minimum absolute atomic E-state index is 0.297. The lowest BCUT2D eigenvalue weighted by Crippen LogP contribution is -2.21. The molecule has 1 rings (SSSR count). The van der Waals surface area contributed by atoms with Crippen LogP contribution in [0.1, 0.15) is 5.56 Å². The number of hydrogen-bond acceptors (Lipinski definition) is 3. The largest absolute Gasteiger partial charge is 0.391 e. The van der Waals surface area contributed by atoms with E-state index in [0.29, 0.717) is 13.0 Å². The van der Waals surface area contributed by atoms with Gasteiger partial charge in [0.15, 0.2) is 0 Å². The molecule has 1 unspecified atom stereocenters. The van der Waals surface area contributed by atoms with Crippen LogP contribution in [-0.2, 0) is 6.42 Å². The molecule has 1 aromatic heterocycles. The van der Waals surface area contributed by atoms with Gasteiger partial charge in [0, 0.05) is 19.2 Å². The Kier molecular flexibility index (Phi) is 2.42. The summed E-state index contributed by atoms with van der Waals surface area (Å²) in [6.07, 6.45) is 3.56. The lowest BCUT2D eigenvalue weighted by atomic mass is 10.2. The summed E-state index contributed by atoms with van der Waals surface area (Å²) in [5, 5.41) is 15.5. The number of nitrogens with one attached hydrogen (secondary N) is 1. The molecule has 0 aliphatic heterocycles. The molecule has 56 valence electrons. The molecule has 0 amide bonds. The zero-order valence-corrected chi connectivity index (χ0v) is 5.62. The molecule has 4 nitrogen and oxygen atoms in total. The molecule has 0 aliphatic rings. The van der Waals surface area contributed by atoms with Gasteiger partial charge in [0.05, 0.1) is 12.3 Å². The van der Waals surface area contributed by atoms with E-state index in [-0.39, 0.29) is 0 Å². The van der Waals surface area contributed by atoms with Crippen LogP contribution in [0.15, 0.2) is 12.4 Å². The highest BCUT2D eigenvalue weighted by Crippen LogP contribution is 1.97. The van der Waals surface area contributed by atoms with Crippen molar-refractivity contribution >= 4 is 0 Å². The zero-order chi connectivity index (χ0) is 7.40. The first-order valence-corrected chi connectivity index (χ1v) is 3.18. The maximum absolute atomic E-state index is 9.06. The number of nitrogens with zero attached hydrogens (tertiary/aromatic N) is 1. The molecule has 4 N–H and O–H groups in total. The number of rotatable bonds is 3.